The van der Waals surface area contributed by atoms with E-state index in [1.807, 2.05) is 19.1 Å². The minimum atomic E-state index is 0.0573. The maximum Gasteiger partial charge on any atom is 0.234 e. The van der Waals surface area contributed by atoms with Gasteiger partial charge in [-0.1, -0.05) is 24.3 Å². The van der Waals surface area contributed by atoms with Crippen LogP contribution in [0.15, 0.2) is 24.3 Å². The van der Waals surface area contributed by atoms with Gasteiger partial charge in [-0.15, -0.1) is 0 Å². The van der Waals surface area contributed by atoms with E-state index in [9.17, 15) is 4.79 Å². The Morgan fingerprint density at radius 2 is 2.25 bits per heavy atom. The fraction of sp³-hybridized carbons (Fsp3) is 0.562. The summed E-state index contributed by atoms with van der Waals surface area (Å²) in [5.74, 6) is 0.106. The summed E-state index contributed by atoms with van der Waals surface area (Å²) in [5, 5.41) is 6.44. The largest absolute Gasteiger partial charge is 0.348 e. The Morgan fingerprint density at radius 3 is 2.95 bits per heavy atom. The van der Waals surface area contributed by atoms with E-state index in [-0.39, 0.29) is 11.9 Å². The van der Waals surface area contributed by atoms with Crippen LogP contribution in [0.4, 0.5) is 0 Å². The summed E-state index contributed by atoms with van der Waals surface area (Å²) in [6, 6.07) is 8.67. The van der Waals surface area contributed by atoms with Crippen LogP contribution in [-0.2, 0) is 4.79 Å². The summed E-state index contributed by atoms with van der Waals surface area (Å²) in [6.07, 6.45) is 0. The van der Waals surface area contributed by atoms with Gasteiger partial charge in [-0.25, -0.2) is 0 Å². The lowest BCUT2D eigenvalue weighted by atomic mass is 10.0. The van der Waals surface area contributed by atoms with Crippen molar-refractivity contribution in [2.75, 3.05) is 26.2 Å². The van der Waals surface area contributed by atoms with Crippen LogP contribution in [0.3, 0.4) is 0 Å². The van der Waals surface area contributed by atoms with Crippen LogP contribution in [0.2, 0.25) is 0 Å². The van der Waals surface area contributed by atoms with E-state index in [1.165, 1.54) is 11.1 Å². The smallest absolute Gasteiger partial charge is 0.234 e. The Balaban J connectivity index is 1.89. The first-order valence-corrected chi connectivity index (χ1v) is 7.37. The fourth-order valence-electron chi connectivity index (χ4n) is 2.74. The highest BCUT2D eigenvalue weighted by molar-refractivity contribution is 5.78. The lowest BCUT2D eigenvalue weighted by Crippen LogP contribution is -2.52. The van der Waals surface area contributed by atoms with Gasteiger partial charge >= 0.3 is 0 Å². The molecule has 0 saturated carbocycles. The number of carbonyl (C=O) groups excluding carboxylic acids is 1. The normalized spacial score (nSPS) is 21.4. The summed E-state index contributed by atoms with van der Waals surface area (Å²) < 4.78 is 0. The molecule has 1 aliphatic rings. The van der Waals surface area contributed by atoms with Crippen LogP contribution < -0.4 is 10.6 Å². The van der Waals surface area contributed by atoms with Gasteiger partial charge in [0.15, 0.2) is 0 Å². The van der Waals surface area contributed by atoms with E-state index < -0.39 is 0 Å². The van der Waals surface area contributed by atoms with Gasteiger partial charge in [0.1, 0.15) is 0 Å². The van der Waals surface area contributed by atoms with Gasteiger partial charge in [0.05, 0.1) is 12.6 Å². The number of rotatable bonds is 4. The Morgan fingerprint density at radius 1 is 1.50 bits per heavy atom. The zero-order valence-corrected chi connectivity index (χ0v) is 12.6. The zero-order chi connectivity index (χ0) is 14.5. The molecular weight excluding hydrogens is 250 g/mol. The molecule has 1 fully saturated rings. The molecule has 1 saturated heterocycles. The molecule has 2 atom stereocenters. The predicted octanol–water partition coefficient (Wildman–Crippen LogP) is 1.47. The van der Waals surface area contributed by atoms with Crippen molar-refractivity contribution in [2.45, 2.75) is 32.9 Å². The molecular formula is C16H25N3O. The highest BCUT2D eigenvalue weighted by atomic mass is 16.2. The number of hydrogen-bond acceptors (Lipinski definition) is 3. The number of carbonyl (C=O) groups is 1. The number of benzene rings is 1. The van der Waals surface area contributed by atoms with Gasteiger partial charge in [0, 0.05) is 25.7 Å². The van der Waals surface area contributed by atoms with Crippen LogP contribution in [0.25, 0.3) is 0 Å². The average Bonchev–Trinajstić information content (AvgIpc) is 2.41. The van der Waals surface area contributed by atoms with Crippen LogP contribution in [0.5, 0.6) is 0 Å². The number of nitrogens with one attached hydrogen (secondary N) is 2. The molecule has 20 heavy (non-hydrogen) atoms. The van der Waals surface area contributed by atoms with Crippen molar-refractivity contribution in [2.24, 2.45) is 0 Å². The Hall–Kier alpha value is -1.39. The van der Waals surface area contributed by atoms with Crippen molar-refractivity contribution in [3.8, 4) is 0 Å². The molecule has 1 aromatic rings. The van der Waals surface area contributed by atoms with Crippen molar-refractivity contribution in [1.82, 2.24) is 15.5 Å². The Bertz CT molecular complexity index is 461. The molecule has 4 heteroatoms. The molecule has 1 aliphatic heterocycles. The summed E-state index contributed by atoms with van der Waals surface area (Å²) in [4.78, 5) is 14.4. The standard InChI is InChI=1S/C16H25N3O/c1-12-6-4-5-7-15(12)14(3)18-16(20)11-19-9-8-17-10-13(19)2/h4-7,13-14,17H,8-11H2,1-3H3,(H,18,20). The maximum atomic E-state index is 12.2. The predicted molar refractivity (Wildman–Crippen MR) is 81.6 cm³/mol. The molecule has 1 aromatic carbocycles. The van der Waals surface area contributed by atoms with E-state index >= 15 is 0 Å². The number of aryl methyl sites for hydroxylation is 1. The summed E-state index contributed by atoms with van der Waals surface area (Å²) in [7, 11) is 0. The number of hydrogen-bond donors (Lipinski definition) is 2. The van der Waals surface area contributed by atoms with E-state index in [0.29, 0.717) is 12.6 Å². The van der Waals surface area contributed by atoms with Crippen molar-refractivity contribution >= 4 is 5.91 Å². The first-order chi connectivity index (χ1) is 9.58. The topological polar surface area (TPSA) is 44.4 Å². The van der Waals surface area contributed by atoms with Crippen molar-refractivity contribution in [3.63, 3.8) is 0 Å². The van der Waals surface area contributed by atoms with Crippen LogP contribution in [-0.4, -0.2) is 43.0 Å². The monoisotopic (exact) mass is 275 g/mol. The zero-order valence-electron chi connectivity index (χ0n) is 12.6. The fourth-order valence-corrected chi connectivity index (χ4v) is 2.74. The molecule has 2 rings (SSSR count). The van der Waals surface area contributed by atoms with Gasteiger partial charge in [0.25, 0.3) is 0 Å². The third-order valence-corrected chi connectivity index (χ3v) is 4.02. The lowest BCUT2D eigenvalue weighted by molar-refractivity contribution is -0.123. The summed E-state index contributed by atoms with van der Waals surface area (Å²) in [5.41, 5.74) is 2.41. The molecule has 0 radical (unpaired) electrons. The van der Waals surface area contributed by atoms with Gasteiger partial charge < -0.3 is 10.6 Å². The molecule has 1 amide bonds. The first-order valence-electron chi connectivity index (χ1n) is 7.37. The second-order valence-corrected chi connectivity index (χ2v) is 5.67. The van der Waals surface area contributed by atoms with E-state index in [4.69, 9.17) is 0 Å². The molecule has 1 heterocycles. The Kier molecular flexibility index (Phi) is 5.15. The van der Waals surface area contributed by atoms with Crippen LogP contribution in [0.1, 0.15) is 31.0 Å². The van der Waals surface area contributed by atoms with Crippen molar-refractivity contribution in [3.05, 3.63) is 35.4 Å². The summed E-state index contributed by atoms with van der Waals surface area (Å²) >= 11 is 0. The van der Waals surface area contributed by atoms with Crippen LogP contribution >= 0.6 is 0 Å². The second-order valence-electron chi connectivity index (χ2n) is 5.67. The van der Waals surface area contributed by atoms with Gasteiger partial charge in [-0.2, -0.15) is 0 Å². The number of nitrogens with zero attached hydrogens (tertiary/aromatic N) is 1. The van der Waals surface area contributed by atoms with Crippen molar-refractivity contribution in [1.29, 1.82) is 0 Å². The van der Waals surface area contributed by atoms with Gasteiger partial charge in [-0.3, -0.25) is 9.69 Å². The molecule has 2 unspecified atom stereocenters. The third kappa shape index (κ3) is 3.81. The average molecular weight is 275 g/mol. The first kappa shape index (κ1) is 15.0. The molecule has 0 bridgehead atoms. The molecule has 2 N–H and O–H groups in total. The third-order valence-electron chi connectivity index (χ3n) is 4.02. The van der Waals surface area contributed by atoms with Crippen LogP contribution in [0, 0.1) is 6.92 Å². The van der Waals surface area contributed by atoms with E-state index in [2.05, 4.69) is 41.5 Å². The highest BCUT2D eigenvalue weighted by Crippen LogP contribution is 2.16. The molecule has 4 nitrogen and oxygen atoms in total. The molecule has 0 spiro atoms. The van der Waals surface area contributed by atoms with E-state index in [1.54, 1.807) is 0 Å². The minimum Gasteiger partial charge on any atom is -0.348 e. The number of amides is 1. The Labute approximate surface area is 121 Å². The molecule has 0 aliphatic carbocycles. The SMILES string of the molecule is Cc1ccccc1C(C)NC(=O)CN1CCNCC1C. The number of piperazine rings is 1. The maximum absolute atomic E-state index is 12.2. The minimum absolute atomic E-state index is 0.0573. The molecule has 110 valence electrons. The van der Waals surface area contributed by atoms with Crippen molar-refractivity contribution < 1.29 is 4.79 Å². The van der Waals surface area contributed by atoms with Gasteiger partial charge in [-0.05, 0) is 31.9 Å². The van der Waals surface area contributed by atoms with E-state index in [0.717, 1.165) is 19.6 Å². The second kappa shape index (κ2) is 6.86. The lowest BCUT2D eigenvalue weighted by Gasteiger charge is -2.33. The summed E-state index contributed by atoms with van der Waals surface area (Å²) in [6.45, 7) is 9.62. The quantitative estimate of drug-likeness (QED) is 0.874. The highest BCUT2D eigenvalue weighted by Gasteiger charge is 2.21. The van der Waals surface area contributed by atoms with Gasteiger partial charge in [0.2, 0.25) is 5.91 Å². The molecule has 0 aromatic heterocycles.